The molecule has 2 aliphatic rings. The van der Waals surface area contributed by atoms with Crippen molar-refractivity contribution in [3.8, 4) is 0 Å². The fraction of sp³-hybridized carbons (Fsp3) is 0.950. The first-order valence-corrected chi connectivity index (χ1v) is 10.4. The fourth-order valence-electron chi connectivity index (χ4n) is 4.43. The Morgan fingerprint density at radius 1 is 1.12 bits per heavy atom. The number of aliphatic imine (C=N–C) groups is 1. The Kier molecular flexibility index (Phi) is 9.04. The maximum absolute atomic E-state index is 5.40. The number of morpholine rings is 1. The lowest BCUT2D eigenvalue weighted by Gasteiger charge is -2.32. The van der Waals surface area contributed by atoms with Crippen molar-refractivity contribution < 1.29 is 4.74 Å². The van der Waals surface area contributed by atoms with Gasteiger partial charge in [-0.3, -0.25) is 9.89 Å². The zero-order valence-corrected chi connectivity index (χ0v) is 16.8. The van der Waals surface area contributed by atoms with Gasteiger partial charge in [-0.25, -0.2) is 0 Å². The van der Waals surface area contributed by atoms with E-state index in [9.17, 15) is 0 Å². The standard InChI is InChI=1S/C20H40N4O/c1-18(2)16-20(8-4-5-9-20)17-23-19(21-3)22-10-6-7-11-24-12-14-25-15-13-24/h18H,4-17H2,1-3H3,(H2,21,22,23). The molecular formula is C20H40N4O. The SMILES string of the molecule is CN=C(NCCCCN1CCOCC1)NCC1(CC(C)C)CCCC1. The number of ether oxygens (including phenoxy) is 1. The summed E-state index contributed by atoms with van der Waals surface area (Å²) in [6, 6.07) is 0. The van der Waals surface area contributed by atoms with Gasteiger partial charge >= 0.3 is 0 Å². The number of nitrogens with one attached hydrogen (secondary N) is 2. The molecule has 0 aromatic heterocycles. The Morgan fingerprint density at radius 2 is 1.84 bits per heavy atom. The molecule has 25 heavy (non-hydrogen) atoms. The topological polar surface area (TPSA) is 48.9 Å². The van der Waals surface area contributed by atoms with Crippen molar-refractivity contribution in [3.63, 3.8) is 0 Å². The highest BCUT2D eigenvalue weighted by Gasteiger charge is 2.34. The number of rotatable bonds is 9. The van der Waals surface area contributed by atoms with E-state index in [0.717, 1.165) is 51.3 Å². The van der Waals surface area contributed by atoms with E-state index < -0.39 is 0 Å². The van der Waals surface area contributed by atoms with Gasteiger partial charge in [-0.15, -0.1) is 0 Å². The van der Waals surface area contributed by atoms with Crippen molar-refractivity contribution >= 4 is 5.96 Å². The van der Waals surface area contributed by atoms with Gasteiger partial charge in [0, 0.05) is 33.2 Å². The molecule has 0 radical (unpaired) electrons. The third-order valence-corrected chi connectivity index (χ3v) is 5.66. The molecule has 0 aromatic carbocycles. The maximum Gasteiger partial charge on any atom is 0.190 e. The van der Waals surface area contributed by atoms with E-state index in [-0.39, 0.29) is 0 Å². The molecule has 2 fully saturated rings. The summed E-state index contributed by atoms with van der Waals surface area (Å²) in [4.78, 5) is 6.92. The first-order chi connectivity index (χ1) is 12.1. The van der Waals surface area contributed by atoms with E-state index in [2.05, 4.69) is 34.4 Å². The van der Waals surface area contributed by atoms with Crippen molar-refractivity contribution in [1.29, 1.82) is 0 Å². The molecule has 2 N–H and O–H groups in total. The van der Waals surface area contributed by atoms with Gasteiger partial charge in [0.1, 0.15) is 0 Å². The predicted octanol–water partition coefficient (Wildman–Crippen LogP) is 2.87. The zero-order chi connectivity index (χ0) is 18.0. The van der Waals surface area contributed by atoms with Crippen LogP contribution in [0.3, 0.4) is 0 Å². The third-order valence-electron chi connectivity index (χ3n) is 5.66. The first kappa shape index (κ1) is 20.5. The highest BCUT2D eigenvalue weighted by atomic mass is 16.5. The monoisotopic (exact) mass is 352 g/mol. The molecule has 0 bridgehead atoms. The molecule has 1 heterocycles. The number of hydrogen-bond donors (Lipinski definition) is 2. The van der Waals surface area contributed by atoms with Crippen molar-refractivity contribution in [2.75, 3.05) is 53.0 Å². The second-order valence-corrected chi connectivity index (χ2v) is 8.32. The molecule has 0 atom stereocenters. The Morgan fingerprint density at radius 3 is 2.48 bits per heavy atom. The van der Waals surface area contributed by atoms with Gasteiger partial charge < -0.3 is 15.4 Å². The van der Waals surface area contributed by atoms with Crippen LogP contribution < -0.4 is 10.6 Å². The van der Waals surface area contributed by atoms with Crippen LogP contribution in [0.4, 0.5) is 0 Å². The average molecular weight is 353 g/mol. The normalized spacial score (nSPS) is 21.7. The maximum atomic E-state index is 5.40. The van der Waals surface area contributed by atoms with Crippen LogP contribution in [-0.2, 0) is 4.74 Å². The second kappa shape index (κ2) is 11.0. The van der Waals surface area contributed by atoms with Crippen LogP contribution >= 0.6 is 0 Å². The van der Waals surface area contributed by atoms with Crippen molar-refractivity contribution in [2.45, 2.75) is 58.8 Å². The van der Waals surface area contributed by atoms with Gasteiger partial charge in [-0.1, -0.05) is 26.7 Å². The van der Waals surface area contributed by atoms with Crippen LogP contribution in [0.2, 0.25) is 0 Å². The molecule has 146 valence electrons. The average Bonchev–Trinajstić information content (AvgIpc) is 3.06. The molecule has 0 spiro atoms. The lowest BCUT2D eigenvalue weighted by Crippen LogP contribution is -2.43. The van der Waals surface area contributed by atoms with Gasteiger partial charge in [0.05, 0.1) is 13.2 Å². The summed E-state index contributed by atoms with van der Waals surface area (Å²) in [7, 11) is 1.88. The van der Waals surface area contributed by atoms with Gasteiger partial charge in [0.25, 0.3) is 0 Å². The van der Waals surface area contributed by atoms with Crippen molar-refractivity contribution in [2.24, 2.45) is 16.3 Å². The van der Waals surface area contributed by atoms with E-state index in [1.165, 1.54) is 51.5 Å². The summed E-state index contributed by atoms with van der Waals surface area (Å²) in [6.07, 6.45) is 9.28. The third kappa shape index (κ3) is 7.53. The Balaban J connectivity index is 1.61. The molecule has 5 heteroatoms. The molecule has 5 nitrogen and oxygen atoms in total. The van der Waals surface area contributed by atoms with Crippen LogP contribution in [0.1, 0.15) is 58.8 Å². The molecule has 1 saturated carbocycles. The van der Waals surface area contributed by atoms with Gasteiger partial charge in [-0.05, 0) is 50.0 Å². The Labute approximate surface area is 155 Å². The lowest BCUT2D eigenvalue weighted by atomic mass is 9.78. The van der Waals surface area contributed by atoms with Crippen LogP contribution in [0.25, 0.3) is 0 Å². The largest absolute Gasteiger partial charge is 0.379 e. The van der Waals surface area contributed by atoms with Crippen molar-refractivity contribution in [1.82, 2.24) is 15.5 Å². The van der Waals surface area contributed by atoms with E-state index in [0.29, 0.717) is 5.41 Å². The molecular weight excluding hydrogens is 312 g/mol. The second-order valence-electron chi connectivity index (χ2n) is 8.32. The number of nitrogens with zero attached hydrogens (tertiary/aromatic N) is 2. The van der Waals surface area contributed by atoms with Gasteiger partial charge in [-0.2, -0.15) is 0 Å². The van der Waals surface area contributed by atoms with Crippen LogP contribution in [-0.4, -0.2) is 63.8 Å². The molecule has 1 aliphatic carbocycles. The quantitative estimate of drug-likeness (QED) is 0.381. The first-order valence-electron chi connectivity index (χ1n) is 10.4. The summed E-state index contributed by atoms with van der Waals surface area (Å²) in [5, 5.41) is 7.11. The molecule has 0 amide bonds. The highest BCUT2D eigenvalue weighted by Crippen LogP contribution is 2.42. The lowest BCUT2D eigenvalue weighted by molar-refractivity contribution is 0.0372. The molecule has 0 aromatic rings. The van der Waals surface area contributed by atoms with E-state index in [1.807, 2.05) is 7.05 Å². The Hall–Kier alpha value is -0.810. The number of hydrogen-bond acceptors (Lipinski definition) is 3. The summed E-state index contributed by atoms with van der Waals surface area (Å²) < 4.78 is 5.40. The number of guanidine groups is 1. The predicted molar refractivity (Wildman–Crippen MR) is 106 cm³/mol. The molecule has 0 unspecified atom stereocenters. The molecule has 1 saturated heterocycles. The minimum atomic E-state index is 0.488. The van der Waals surface area contributed by atoms with Crippen molar-refractivity contribution in [3.05, 3.63) is 0 Å². The molecule has 1 aliphatic heterocycles. The smallest absolute Gasteiger partial charge is 0.190 e. The molecule has 2 rings (SSSR count). The minimum Gasteiger partial charge on any atom is -0.379 e. The van der Waals surface area contributed by atoms with Crippen LogP contribution in [0.5, 0.6) is 0 Å². The van der Waals surface area contributed by atoms with Gasteiger partial charge in [0.15, 0.2) is 5.96 Å². The van der Waals surface area contributed by atoms with Crippen LogP contribution in [0.15, 0.2) is 4.99 Å². The number of unbranched alkanes of at least 4 members (excludes halogenated alkanes) is 1. The van der Waals surface area contributed by atoms with Crippen LogP contribution in [0, 0.1) is 11.3 Å². The zero-order valence-electron chi connectivity index (χ0n) is 16.8. The summed E-state index contributed by atoms with van der Waals surface area (Å²) in [5.74, 6) is 1.75. The summed E-state index contributed by atoms with van der Waals surface area (Å²) in [6.45, 7) is 11.9. The van der Waals surface area contributed by atoms with E-state index in [1.54, 1.807) is 0 Å². The van der Waals surface area contributed by atoms with Gasteiger partial charge in [0.2, 0.25) is 0 Å². The summed E-state index contributed by atoms with van der Waals surface area (Å²) in [5.41, 5.74) is 0.488. The minimum absolute atomic E-state index is 0.488. The Bertz CT molecular complexity index is 385. The summed E-state index contributed by atoms with van der Waals surface area (Å²) >= 11 is 0. The van der Waals surface area contributed by atoms with E-state index in [4.69, 9.17) is 4.74 Å². The highest BCUT2D eigenvalue weighted by molar-refractivity contribution is 5.79. The van der Waals surface area contributed by atoms with E-state index >= 15 is 0 Å². The fourth-order valence-corrected chi connectivity index (χ4v) is 4.43.